The molecule has 1 aliphatic rings. The normalized spacial score (nSPS) is 17.3. The third-order valence-electron chi connectivity index (χ3n) is 4.46. The predicted octanol–water partition coefficient (Wildman–Crippen LogP) is 4.04. The summed E-state index contributed by atoms with van der Waals surface area (Å²) >= 11 is 0. The quantitative estimate of drug-likeness (QED) is 0.214. The lowest BCUT2D eigenvalue weighted by Crippen LogP contribution is -2.40. The van der Waals surface area contributed by atoms with E-state index in [9.17, 15) is 0 Å². The van der Waals surface area contributed by atoms with Gasteiger partial charge < -0.3 is 19.7 Å². The van der Waals surface area contributed by atoms with Crippen LogP contribution in [0.25, 0.3) is 0 Å². The van der Waals surface area contributed by atoms with Crippen molar-refractivity contribution in [3.05, 3.63) is 35.9 Å². The van der Waals surface area contributed by atoms with E-state index in [2.05, 4.69) is 41.4 Å². The number of likely N-dealkylation sites (tertiary alicyclic amines) is 1. The minimum atomic E-state index is 0. The highest BCUT2D eigenvalue weighted by Crippen LogP contribution is 2.32. The molecule has 1 N–H and O–H groups in total. The number of allylic oxidation sites excluding steroid dienone is 1. The Labute approximate surface area is 174 Å². The topological polar surface area (TPSA) is 46.1 Å². The van der Waals surface area contributed by atoms with E-state index in [0.29, 0.717) is 5.92 Å². The molecule has 1 fully saturated rings. The van der Waals surface area contributed by atoms with Crippen molar-refractivity contribution in [3.63, 3.8) is 0 Å². The summed E-state index contributed by atoms with van der Waals surface area (Å²) in [5.41, 5.74) is 1.27. The van der Waals surface area contributed by atoms with E-state index in [1.54, 1.807) is 14.2 Å². The van der Waals surface area contributed by atoms with Crippen molar-refractivity contribution in [2.75, 3.05) is 40.4 Å². The molecule has 0 radical (unpaired) electrons. The van der Waals surface area contributed by atoms with Gasteiger partial charge in [-0.05, 0) is 44.4 Å². The van der Waals surface area contributed by atoms with Gasteiger partial charge in [0.1, 0.15) is 11.5 Å². The zero-order valence-corrected chi connectivity index (χ0v) is 18.7. The zero-order valence-electron chi connectivity index (χ0n) is 16.3. The first-order valence-corrected chi connectivity index (χ1v) is 9.09. The molecule has 0 spiro atoms. The zero-order chi connectivity index (χ0) is 18.1. The van der Waals surface area contributed by atoms with Crippen molar-refractivity contribution in [2.45, 2.75) is 32.6 Å². The number of guanidine groups is 1. The number of rotatable bonds is 7. The number of halogens is 1. The molecular weight excluding hydrogens is 441 g/mol. The Kier molecular flexibility index (Phi) is 10.5. The fourth-order valence-corrected chi connectivity index (χ4v) is 3.13. The third-order valence-corrected chi connectivity index (χ3v) is 4.46. The fourth-order valence-electron chi connectivity index (χ4n) is 3.13. The number of benzene rings is 1. The van der Waals surface area contributed by atoms with Gasteiger partial charge in [-0.2, -0.15) is 0 Å². The molecule has 0 amide bonds. The minimum absolute atomic E-state index is 0. The van der Waals surface area contributed by atoms with Crippen LogP contribution in [0.3, 0.4) is 0 Å². The molecule has 1 atom stereocenters. The monoisotopic (exact) mass is 473 g/mol. The maximum atomic E-state index is 5.41. The molecule has 1 aromatic rings. The number of hydrogen-bond donors (Lipinski definition) is 1. The Bertz CT molecular complexity index is 582. The van der Waals surface area contributed by atoms with Crippen molar-refractivity contribution >= 4 is 29.9 Å². The molecule has 1 saturated heterocycles. The van der Waals surface area contributed by atoms with Crippen LogP contribution in [-0.2, 0) is 0 Å². The lowest BCUT2D eigenvalue weighted by molar-refractivity contribution is 0.392. The van der Waals surface area contributed by atoms with Crippen LogP contribution < -0.4 is 14.8 Å². The van der Waals surface area contributed by atoms with Crippen LogP contribution in [0, 0.1) is 0 Å². The van der Waals surface area contributed by atoms with Gasteiger partial charge in [0.2, 0.25) is 0 Å². The molecule has 1 unspecified atom stereocenters. The van der Waals surface area contributed by atoms with E-state index in [0.717, 1.165) is 56.5 Å². The van der Waals surface area contributed by atoms with Crippen molar-refractivity contribution in [3.8, 4) is 11.5 Å². The summed E-state index contributed by atoms with van der Waals surface area (Å²) < 4.78 is 10.8. The lowest BCUT2D eigenvalue weighted by atomic mass is 9.98. The van der Waals surface area contributed by atoms with Crippen LogP contribution in [0.4, 0.5) is 0 Å². The van der Waals surface area contributed by atoms with Crippen molar-refractivity contribution < 1.29 is 9.47 Å². The molecule has 1 aromatic carbocycles. The largest absolute Gasteiger partial charge is 0.497 e. The Morgan fingerprint density at radius 2 is 1.96 bits per heavy atom. The van der Waals surface area contributed by atoms with Crippen LogP contribution in [0.15, 0.2) is 35.3 Å². The average Bonchev–Trinajstić information content (AvgIpc) is 3.14. The summed E-state index contributed by atoms with van der Waals surface area (Å²) in [5.74, 6) is 3.17. The van der Waals surface area contributed by atoms with Crippen molar-refractivity contribution in [1.82, 2.24) is 10.2 Å². The van der Waals surface area contributed by atoms with Crippen LogP contribution in [0.1, 0.15) is 38.2 Å². The average molecular weight is 473 g/mol. The SMILES string of the molecule is C/C=C/CCN=C(NCC)N1CCC(c2cc(OC)cc(OC)c2)C1.I. The molecule has 26 heavy (non-hydrogen) atoms. The van der Waals surface area contributed by atoms with Gasteiger partial charge in [-0.3, -0.25) is 4.99 Å². The number of nitrogens with zero attached hydrogens (tertiary/aromatic N) is 2. The van der Waals surface area contributed by atoms with Crippen molar-refractivity contribution in [2.24, 2.45) is 4.99 Å². The predicted molar refractivity (Wildman–Crippen MR) is 119 cm³/mol. The summed E-state index contributed by atoms with van der Waals surface area (Å²) in [7, 11) is 3.39. The van der Waals surface area contributed by atoms with E-state index in [1.165, 1.54) is 5.56 Å². The summed E-state index contributed by atoms with van der Waals surface area (Å²) in [4.78, 5) is 7.12. The second-order valence-corrected chi connectivity index (χ2v) is 6.17. The molecule has 1 aliphatic heterocycles. The molecule has 0 bridgehead atoms. The molecule has 2 rings (SSSR count). The summed E-state index contributed by atoms with van der Waals surface area (Å²) in [6.45, 7) is 7.84. The molecule has 0 saturated carbocycles. The molecule has 146 valence electrons. The second-order valence-electron chi connectivity index (χ2n) is 6.17. The number of ether oxygens (including phenoxy) is 2. The number of hydrogen-bond acceptors (Lipinski definition) is 3. The van der Waals surface area contributed by atoms with Gasteiger partial charge in [0.05, 0.1) is 14.2 Å². The maximum Gasteiger partial charge on any atom is 0.193 e. The number of nitrogens with one attached hydrogen (secondary N) is 1. The third kappa shape index (κ3) is 6.37. The van der Waals surface area contributed by atoms with Crippen LogP contribution >= 0.6 is 24.0 Å². The molecule has 0 aromatic heterocycles. The molecular formula is C20H32IN3O2. The fraction of sp³-hybridized carbons (Fsp3) is 0.550. The van der Waals surface area contributed by atoms with Gasteiger partial charge in [0, 0.05) is 38.2 Å². The summed E-state index contributed by atoms with van der Waals surface area (Å²) in [6, 6.07) is 6.16. The number of methoxy groups -OCH3 is 2. The van der Waals surface area contributed by atoms with Gasteiger partial charge in [-0.25, -0.2) is 0 Å². The van der Waals surface area contributed by atoms with E-state index in [-0.39, 0.29) is 24.0 Å². The first kappa shape index (κ1) is 22.6. The summed E-state index contributed by atoms with van der Waals surface area (Å²) in [6.07, 6.45) is 6.32. The molecule has 1 heterocycles. The van der Waals surface area contributed by atoms with Gasteiger partial charge in [0.25, 0.3) is 0 Å². The van der Waals surface area contributed by atoms with Gasteiger partial charge in [-0.15, -0.1) is 24.0 Å². The standard InChI is InChI=1S/C20H31N3O2.HI/c1-5-7-8-10-22-20(21-6-2)23-11-9-16(15-23)17-12-18(24-3)14-19(13-17)25-4;/h5,7,12-14,16H,6,8-11,15H2,1-4H3,(H,21,22);1H/b7-5+;. The highest BCUT2D eigenvalue weighted by molar-refractivity contribution is 14.0. The Morgan fingerprint density at radius 1 is 1.27 bits per heavy atom. The van der Waals surface area contributed by atoms with E-state index >= 15 is 0 Å². The molecule has 6 heteroatoms. The Hall–Kier alpha value is -1.44. The summed E-state index contributed by atoms with van der Waals surface area (Å²) in [5, 5.41) is 3.42. The Balaban J connectivity index is 0.00000338. The highest BCUT2D eigenvalue weighted by atomic mass is 127. The first-order valence-electron chi connectivity index (χ1n) is 9.09. The van der Waals surface area contributed by atoms with Crippen LogP contribution in [0.2, 0.25) is 0 Å². The minimum Gasteiger partial charge on any atom is -0.497 e. The van der Waals surface area contributed by atoms with Gasteiger partial charge in [-0.1, -0.05) is 12.2 Å². The maximum absolute atomic E-state index is 5.41. The highest BCUT2D eigenvalue weighted by Gasteiger charge is 2.26. The van der Waals surface area contributed by atoms with E-state index < -0.39 is 0 Å². The van der Waals surface area contributed by atoms with E-state index in [1.807, 2.05) is 13.0 Å². The lowest BCUT2D eigenvalue weighted by Gasteiger charge is -2.22. The molecule has 0 aliphatic carbocycles. The van der Waals surface area contributed by atoms with Gasteiger partial charge in [0.15, 0.2) is 5.96 Å². The van der Waals surface area contributed by atoms with Crippen LogP contribution in [0.5, 0.6) is 11.5 Å². The Morgan fingerprint density at radius 3 is 2.54 bits per heavy atom. The first-order chi connectivity index (χ1) is 12.2. The molecule has 5 nitrogen and oxygen atoms in total. The van der Waals surface area contributed by atoms with Gasteiger partial charge >= 0.3 is 0 Å². The van der Waals surface area contributed by atoms with Crippen LogP contribution in [-0.4, -0.2) is 51.3 Å². The smallest absolute Gasteiger partial charge is 0.193 e. The number of aliphatic imine (C=N–C) groups is 1. The second kappa shape index (κ2) is 12.0. The van der Waals surface area contributed by atoms with E-state index in [4.69, 9.17) is 14.5 Å². The van der Waals surface area contributed by atoms with Crippen molar-refractivity contribution in [1.29, 1.82) is 0 Å².